The molecule has 0 aliphatic heterocycles. The van der Waals surface area contributed by atoms with Crippen LogP contribution in [0, 0.1) is 0 Å². The summed E-state index contributed by atoms with van der Waals surface area (Å²) in [6.45, 7) is 8.39. The first-order valence-corrected chi connectivity index (χ1v) is 9.65. The molecule has 1 aromatic carbocycles. The van der Waals surface area contributed by atoms with Crippen molar-refractivity contribution in [3.05, 3.63) is 52.7 Å². The van der Waals surface area contributed by atoms with Crippen LogP contribution in [0.25, 0.3) is 0 Å². The summed E-state index contributed by atoms with van der Waals surface area (Å²) < 4.78 is 0. The van der Waals surface area contributed by atoms with Crippen LogP contribution in [0.2, 0.25) is 5.02 Å². The molecule has 0 bridgehead atoms. The Kier molecular flexibility index (Phi) is 7.46. The van der Waals surface area contributed by atoms with Gasteiger partial charge in [0.2, 0.25) is 0 Å². The lowest BCUT2D eigenvalue weighted by Gasteiger charge is -2.19. The number of carbonyl (C=O) groups excluding carboxylic acids is 1. The van der Waals surface area contributed by atoms with E-state index < -0.39 is 0 Å². The molecule has 0 saturated carbocycles. The highest BCUT2D eigenvalue weighted by atomic mass is 35.5. The van der Waals surface area contributed by atoms with Crippen LogP contribution in [0.4, 0.5) is 11.5 Å². The molecule has 2 N–H and O–H groups in total. The van der Waals surface area contributed by atoms with Gasteiger partial charge >= 0.3 is 0 Å². The number of halogens is 1. The van der Waals surface area contributed by atoms with Crippen LogP contribution >= 0.6 is 11.6 Å². The summed E-state index contributed by atoms with van der Waals surface area (Å²) in [5.41, 5.74) is 2.49. The van der Waals surface area contributed by atoms with Crippen molar-refractivity contribution in [2.75, 3.05) is 5.32 Å². The fourth-order valence-corrected chi connectivity index (χ4v) is 3.10. The normalized spacial score (nSPS) is 12.1. The molecule has 0 aliphatic rings. The van der Waals surface area contributed by atoms with Gasteiger partial charge in [0.25, 0.3) is 5.91 Å². The fourth-order valence-electron chi connectivity index (χ4n) is 2.91. The number of pyridine rings is 1. The third-order valence-corrected chi connectivity index (χ3v) is 4.60. The number of hydrogen-bond acceptors (Lipinski definition) is 3. The minimum Gasteiger partial charge on any atom is -0.349 e. The predicted octanol–water partition coefficient (Wildman–Crippen LogP) is 5.91. The largest absolute Gasteiger partial charge is 0.349 e. The first kappa shape index (κ1) is 20.2. The van der Waals surface area contributed by atoms with E-state index in [1.165, 1.54) is 0 Å². The Morgan fingerprint density at radius 3 is 2.62 bits per heavy atom. The molecule has 1 atom stereocenters. The molecule has 0 spiro atoms. The van der Waals surface area contributed by atoms with Crippen molar-refractivity contribution in [3.8, 4) is 0 Å². The number of aromatic nitrogens is 1. The van der Waals surface area contributed by atoms with E-state index in [9.17, 15) is 4.79 Å². The van der Waals surface area contributed by atoms with Crippen LogP contribution in [0.1, 0.15) is 68.8 Å². The molecule has 0 aliphatic carbocycles. The monoisotopic (exact) mass is 373 g/mol. The predicted molar refractivity (Wildman–Crippen MR) is 110 cm³/mol. The van der Waals surface area contributed by atoms with Crippen LogP contribution in [0.5, 0.6) is 0 Å². The van der Waals surface area contributed by atoms with Gasteiger partial charge in [-0.2, -0.15) is 0 Å². The van der Waals surface area contributed by atoms with E-state index in [4.69, 9.17) is 11.6 Å². The van der Waals surface area contributed by atoms with E-state index in [1.54, 1.807) is 6.20 Å². The Morgan fingerprint density at radius 2 is 2.00 bits per heavy atom. The Morgan fingerprint density at radius 1 is 1.23 bits per heavy atom. The molecule has 1 amide bonds. The summed E-state index contributed by atoms with van der Waals surface area (Å²) in [4.78, 5) is 17.2. The number of rotatable bonds is 8. The first-order chi connectivity index (χ1) is 12.4. The van der Waals surface area contributed by atoms with Gasteiger partial charge in [0.1, 0.15) is 5.82 Å². The number of benzene rings is 1. The second-order valence-corrected chi connectivity index (χ2v) is 7.25. The van der Waals surface area contributed by atoms with E-state index in [1.807, 2.05) is 30.3 Å². The average molecular weight is 374 g/mol. The zero-order valence-corrected chi connectivity index (χ0v) is 16.7. The average Bonchev–Trinajstić information content (AvgIpc) is 2.61. The van der Waals surface area contributed by atoms with Gasteiger partial charge in [0.05, 0.1) is 5.56 Å². The molecule has 0 saturated heterocycles. The van der Waals surface area contributed by atoms with Gasteiger partial charge in [-0.15, -0.1) is 0 Å². The first-order valence-electron chi connectivity index (χ1n) is 9.28. The Labute approximate surface area is 161 Å². The van der Waals surface area contributed by atoms with E-state index in [0.717, 1.165) is 30.5 Å². The van der Waals surface area contributed by atoms with E-state index in [2.05, 4.69) is 43.3 Å². The second kappa shape index (κ2) is 9.58. The molecule has 1 aromatic heterocycles. The van der Waals surface area contributed by atoms with Gasteiger partial charge in [-0.3, -0.25) is 4.79 Å². The van der Waals surface area contributed by atoms with Crippen molar-refractivity contribution < 1.29 is 4.79 Å². The molecular weight excluding hydrogens is 346 g/mol. The number of anilines is 2. The van der Waals surface area contributed by atoms with Crippen molar-refractivity contribution in [1.82, 2.24) is 10.3 Å². The third-order valence-electron chi connectivity index (χ3n) is 4.36. The molecule has 2 aromatic rings. The fraction of sp³-hybridized carbons (Fsp3) is 0.429. The molecule has 4 nitrogen and oxygen atoms in total. The zero-order chi connectivity index (χ0) is 19.1. The molecule has 0 fully saturated rings. The molecule has 140 valence electrons. The van der Waals surface area contributed by atoms with E-state index >= 15 is 0 Å². The summed E-state index contributed by atoms with van der Waals surface area (Å²) in [7, 11) is 0. The third kappa shape index (κ3) is 5.46. The molecule has 0 radical (unpaired) electrons. The quantitative estimate of drug-likeness (QED) is 0.604. The number of carbonyl (C=O) groups is 1. The van der Waals surface area contributed by atoms with Crippen LogP contribution < -0.4 is 10.6 Å². The second-order valence-electron chi connectivity index (χ2n) is 6.81. The van der Waals surface area contributed by atoms with Crippen molar-refractivity contribution in [3.63, 3.8) is 0 Å². The number of nitrogens with one attached hydrogen (secondary N) is 2. The highest BCUT2D eigenvalue weighted by Gasteiger charge is 2.18. The Hall–Kier alpha value is -2.07. The van der Waals surface area contributed by atoms with Crippen LogP contribution in [0.3, 0.4) is 0 Å². The number of hydrogen-bond donors (Lipinski definition) is 2. The maximum atomic E-state index is 12.7. The van der Waals surface area contributed by atoms with Crippen molar-refractivity contribution in [1.29, 1.82) is 0 Å². The maximum Gasteiger partial charge on any atom is 0.253 e. The Bertz CT molecular complexity index is 746. The summed E-state index contributed by atoms with van der Waals surface area (Å²) in [6, 6.07) is 9.63. The summed E-state index contributed by atoms with van der Waals surface area (Å²) in [5, 5.41) is 7.05. The van der Waals surface area contributed by atoms with Gasteiger partial charge in [0.15, 0.2) is 0 Å². The van der Waals surface area contributed by atoms with Crippen LogP contribution in [-0.2, 0) is 0 Å². The molecule has 26 heavy (non-hydrogen) atoms. The minimum atomic E-state index is -0.0456. The van der Waals surface area contributed by atoms with Gasteiger partial charge in [-0.1, -0.05) is 51.8 Å². The summed E-state index contributed by atoms with van der Waals surface area (Å²) in [6.07, 6.45) is 4.63. The number of nitrogens with zero attached hydrogens (tertiary/aromatic N) is 1. The lowest BCUT2D eigenvalue weighted by atomic mass is 9.98. The highest BCUT2D eigenvalue weighted by Crippen LogP contribution is 2.25. The van der Waals surface area contributed by atoms with Crippen LogP contribution in [0.15, 0.2) is 36.5 Å². The van der Waals surface area contributed by atoms with Crippen LogP contribution in [-0.4, -0.2) is 16.9 Å². The molecular formula is C21H28ClN3O. The van der Waals surface area contributed by atoms with Gasteiger partial charge in [-0.05, 0) is 48.6 Å². The SMILES string of the molecule is CCCC(CC)NC(=O)c1cnc(Nc2cccc(Cl)c2)cc1C(C)C. The molecule has 1 unspecified atom stereocenters. The zero-order valence-electron chi connectivity index (χ0n) is 16.0. The number of amides is 1. The van der Waals surface area contributed by atoms with Gasteiger partial charge in [-0.25, -0.2) is 4.98 Å². The summed E-state index contributed by atoms with van der Waals surface area (Å²) >= 11 is 6.03. The van der Waals surface area contributed by atoms with E-state index in [0.29, 0.717) is 16.4 Å². The smallest absolute Gasteiger partial charge is 0.253 e. The molecule has 2 rings (SSSR count). The highest BCUT2D eigenvalue weighted by molar-refractivity contribution is 6.30. The molecule has 1 heterocycles. The maximum absolute atomic E-state index is 12.7. The minimum absolute atomic E-state index is 0.0456. The van der Waals surface area contributed by atoms with Crippen molar-refractivity contribution in [2.45, 2.75) is 58.9 Å². The lowest BCUT2D eigenvalue weighted by molar-refractivity contribution is 0.0932. The van der Waals surface area contributed by atoms with Gasteiger partial charge in [0, 0.05) is 22.9 Å². The lowest BCUT2D eigenvalue weighted by Crippen LogP contribution is -2.35. The van der Waals surface area contributed by atoms with Crippen molar-refractivity contribution >= 4 is 29.0 Å². The van der Waals surface area contributed by atoms with E-state index in [-0.39, 0.29) is 17.9 Å². The van der Waals surface area contributed by atoms with Gasteiger partial charge < -0.3 is 10.6 Å². The Balaban J connectivity index is 2.24. The summed E-state index contributed by atoms with van der Waals surface area (Å²) in [5.74, 6) is 0.869. The molecule has 5 heteroatoms. The topological polar surface area (TPSA) is 54.0 Å². The standard InChI is InChI=1S/C21H28ClN3O/c1-5-8-16(6-2)25-21(26)19-13-23-20(12-18(19)14(3)4)24-17-10-7-9-15(22)11-17/h7,9-14,16H,5-6,8H2,1-4H3,(H,23,24)(H,25,26). The van der Waals surface area contributed by atoms with Crippen molar-refractivity contribution in [2.24, 2.45) is 0 Å².